The van der Waals surface area contributed by atoms with Crippen molar-refractivity contribution in [3.05, 3.63) is 30.1 Å². The molecule has 1 aliphatic heterocycles. The Morgan fingerprint density at radius 3 is 2.82 bits per heavy atom. The second-order valence-electron chi connectivity index (χ2n) is 3.64. The standard InChI is InChI=1S/C11H15N3O.2ClH/c15-11-4-6-12-7-8-14(11)9-10-3-1-2-5-13-10;;/h1-3,5,12H,4,6-9H2;2*1H. The SMILES string of the molecule is Cl.Cl.O=C1CCNCCN1Cc1ccccn1. The molecule has 0 spiro atoms. The number of carbonyl (C=O) groups excluding carboxylic acids is 1. The maximum atomic E-state index is 11.7. The van der Waals surface area contributed by atoms with Gasteiger partial charge in [-0.05, 0) is 12.1 Å². The van der Waals surface area contributed by atoms with E-state index in [2.05, 4.69) is 10.3 Å². The normalized spacial score (nSPS) is 15.5. The van der Waals surface area contributed by atoms with Crippen LogP contribution in [0.25, 0.3) is 0 Å². The zero-order valence-corrected chi connectivity index (χ0v) is 11.1. The van der Waals surface area contributed by atoms with Crippen molar-refractivity contribution in [3.8, 4) is 0 Å². The first kappa shape index (κ1) is 16.2. The maximum absolute atomic E-state index is 11.7. The molecule has 17 heavy (non-hydrogen) atoms. The van der Waals surface area contributed by atoms with Gasteiger partial charge in [-0.3, -0.25) is 9.78 Å². The Morgan fingerprint density at radius 1 is 1.29 bits per heavy atom. The number of amides is 1. The van der Waals surface area contributed by atoms with Crippen LogP contribution in [0.1, 0.15) is 12.1 Å². The second-order valence-corrected chi connectivity index (χ2v) is 3.64. The van der Waals surface area contributed by atoms with Crippen LogP contribution in [0.2, 0.25) is 0 Å². The fourth-order valence-electron chi connectivity index (χ4n) is 1.67. The quantitative estimate of drug-likeness (QED) is 0.885. The van der Waals surface area contributed by atoms with Crippen LogP contribution in [0, 0.1) is 0 Å². The van der Waals surface area contributed by atoms with Crippen LogP contribution in [0.5, 0.6) is 0 Å². The highest BCUT2D eigenvalue weighted by atomic mass is 35.5. The summed E-state index contributed by atoms with van der Waals surface area (Å²) in [6.45, 7) is 3.06. The lowest BCUT2D eigenvalue weighted by Crippen LogP contribution is -2.32. The van der Waals surface area contributed by atoms with Gasteiger partial charge >= 0.3 is 0 Å². The summed E-state index contributed by atoms with van der Waals surface area (Å²) >= 11 is 0. The molecule has 6 heteroatoms. The van der Waals surface area contributed by atoms with E-state index in [4.69, 9.17) is 0 Å². The zero-order chi connectivity index (χ0) is 10.5. The first-order valence-electron chi connectivity index (χ1n) is 5.24. The number of pyridine rings is 1. The van der Waals surface area contributed by atoms with E-state index in [-0.39, 0.29) is 30.7 Å². The van der Waals surface area contributed by atoms with Gasteiger partial charge in [-0.1, -0.05) is 6.07 Å². The summed E-state index contributed by atoms with van der Waals surface area (Å²) in [5.41, 5.74) is 0.952. The summed E-state index contributed by atoms with van der Waals surface area (Å²) in [7, 11) is 0. The molecule has 0 aliphatic carbocycles. The molecule has 1 aromatic heterocycles. The monoisotopic (exact) mass is 277 g/mol. The van der Waals surface area contributed by atoms with E-state index in [1.807, 2.05) is 23.1 Å². The Kier molecular flexibility index (Phi) is 7.87. The van der Waals surface area contributed by atoms with E-state index < -0.39 is 0 Å². The molecule has 4 nitrogen and oxygen atoms in total. The van der Waals surface area contributed by atoms with Gasteiger partial charge in [0.05, 0.1) is 12.2 Å². The van der Waals surface area contributed by atoms with E-state index in [1.165, 1.54) is 0 Å². The summed E-state index contributed by atoms with van der Waals surface area (Å²) in [6.07, 6.45) is 2.35. The van der Waals surface area contributed by atoms with Crippen LogP contribution < -0.4 is 5.32 Å². The van der Waals surface area contributed by atoms with Crippen LogP contribution in [0.4, 0.5) is 0 Å². The number of hydrogen-bond donors (Lipinski definition) is 1. The Labute approximate surface area is 114 Å². The number of halogens is 2. The molecule has 0 unspecified atom stereocenters. The minimum atomic E-state index is 0. The Bertz CT molecular complexity index is 335. The van der Waals surface area contributed by atoms with Crippen molar-refractivity contribution in [2.24, 2.45) is 0 Å². The molecule has 0 aromatic carbocycles. The predicted molar refractivity (Wildman–Crippen MR) is 71.6 cm³/mol. The van der Waals surface area contributed by atoms with Gasteiger partial charge in [0.2, 0.25) is 5.91 Å². The third-order valence-corrected chi connectivity index (χ3v) is 2.51. The van der Waals surface area contributed by atoms with Gasteiger partial charge in [0.25, 0.3) is 0 Å². The highest BCUT2D eigenvalue weighted by molar-refractivity contribution is 5.85. The maximum Gasteiger partial charge on any atom is 0.224 e. The molecule has 1 fully saturated rings. The summed E-state index contributed by atoms with van der Waals surface area (Å²) in [5, 5.41) is 3.21. The van der Waals surface area contributed by atoms with Crippen LogP contribution in [0.3, 0.4) is 0 Å². The second kappa shape index (κ2) is 8.28. The van der Waals surface area contributed by atoms with Crippen LogP contribution in [-0.2, 0) is 11.3 Å². The van der Waals surface area contributed by atoms with E-state index in [0.717, 1.165) is 25.3 Å². The summed E-state index contributed by atoms with van der Waals surface area (Å²) in [5.74, 6) is 0.214. The van der Waals surface area contributed by atoms with Gasteiger partial charge in [0, 0.05) is 32.3 Å². The molecular formula is C11H17Cl2N3O. The van der Waals surface area contributed by atoms with Crippen molar-refractivity contribution in [2.75, 3.05) is 19.6 Å². The Hall–Kier alpha value is -0.840. The van der Waals surface area contributed by atoms with E-state index in [1.54, 1.807) is 6.20 Å². The van der Waals surface area contributed by atoms with Crippen molar-refractivity contribution >= 4 is 30.7 Å². The average molecular weight is 278 g/mol. The van der Waals surface area contributed by atoms with Gasteiger partial charge in [0.15, 0.2) is 0 Å². The molecule has 1 aliphatic rings. The molecule has 96 valence electrons. The summed E-state index contributed by atoms with van der Waals surface area (Å²) in [4.78, 5) is 17.8. The smallest absolute Gasteiger partial charge is 0.224 e. The number of nitrogens with zero attached hydrogens (tertiary/aromatic N) is 2. The third-order valence-electron chi connectivity index (χ3n) is 2.51. The summed E-state index contributed by atoms with van der Waals surface area (Å²) < 4.78 is 0. The molecule has 1 aromatic rings. The Balaban J connectivity index is 0.00000128. The molecule has 0 radical (unpaired) electrons. The number of nitrogens with one attached hydrogen (secondary N) is 1. The number of rotatable bonds is 2. The van der Waals surface area contributed by atoms with Crippen molar-refractivity contribution in [2.45, 2.75) is 13.0 Å². The molecule has 0 atom stereocenters. The van der Waals surface area contributed by atoms with Crippen molar-refractivity contribution < 1.29 is 4.79 Å². The highest BCUT2D eigenvalue weighted by Crippen LogP contribution is 2.04. The molecule has 0 bridgehead atoms. The lowest BCUT2D eigenvalue weighted by molar-refractivity contribution is -0.131. The summed E-state index contributed by atoms with van der Waals surface area (Å²) in [6, 6.07) is 5.78. The van der Waals surface area contributed by atoms with Crippen LogP contribution in [0.15, 0.2) is 24.4 Å². The highest BCUT2D eigenvalue weighted by Gasteiger charge is 2.16. The van der Waals surface area contributed by atoms with E-state index in [9.17, 15) is 4.79 Å². The van der Waals surface area contributed by atoms with E-state index in [0.29, 0.717) is 13.0 Å². The topological polar surface area (TPSA) is 45.2 Å². The lowest BCUT2D eigenvalue weighted by Gasteiger charge is -2.19. The van der Waals surface area contributed by atoms with Crippen molar-refractivity contribution in [1.29, 1.82) is 0 Å². The minimum absolute atomic E-state index is 0. The largest absolute Gasteiger partial charge is 0.335 e. The van der Waals surface area contributed by atoms with Gasteiger partial charge < -0.3 is 10.2 Å². The molecule has 1 saturated heterocycles. The number of hydrogen-bond acceptors (Lipinski definition) is 3. The van der Waals surface area contributed by atoms with Gasteiger partial charge in [0.1, 0.15) is 0 Å². The fourth-order valence-corrected chi connectivity index (χ4v) is 1.67. The first-order chi connectivity index (χ1) is 7.36. The lowest BCUT2D eigenvalue weighted by atomic mass is 10.3. The average Bonchev–Trinajstić information content (AvgIpc) is 2.46. The van der Waals surface area contributed by atoms with Gasteiger partial charge in [-0.2, -0.15) is 0 Å². The van der Waals surface area contributed by atoms with Crippen LogP contribution >= 0.6 is 24.8 Å². The molecule has 0 saturated carbocycles. The van der Waals surface area contributed by atoms with Crippen molar-refractivity contribution in [1.82, 2.24) is 15.2 Å². The van der Waals surface area contributed by atoms with Crippen molar-refractivity contribution in [3.63, 3.8) is 0 Å². The zero-order valence-electron chi connectivity index (χ0n) is 9.46. The number of carbonyl (C=O) groups is 1. The van der Waals surface area contributed by atoms with Gasteiger partial charge in [-0.15, -0.1) is 24.8 Å². The van der Waals surface area contributed by atoms with Crippen LogP contribution in [-0.4, -0.2) is 35.4 Å². The predicted octanol–water partition coefficient (Wildman–Crippen LogP) is 1.25. The van der Waals surface area contributed by atoms with Gasteiger partial charge in [-0.25, -0.2) is 0 Å². The molecule has 1 N–H and O–H groups in total. The number of aromatic nitrogens is 1. The molecule has 2 heterocycles. The fraction of sp³-hybridized carbons (Fsp3) is 0.455. The molecule has 2 rings (SSSR count). The molecular weight excluding hydrogens is 261 g/mol. The minimum Gasteiger partial charge on any atom is -0.335 e. The first-order valence-corrected chi connectivity index (χ1v) is 5.24. The third kappa shape index (κ3) is 4.89. The molecule has 1 amide bonds. The van der Waals surface area contributed by atoms with E-state index >= 15 is 0 Å². The Morgan fingerprint density at radius 2 is 2.12 bits per heavy atom.